The Labute approximate surface area is 167 Å². The van der Waals surface area contributed by atoms with E-state index in [1.165, 1.54) is 0 Å². The van der Waals surface area contributed by atoms with Gasteiger partial charge in [-0.25, -0.2) is 9.97 Å². The number of anilines is 2. The normalized spacial score (nSPS) is 13.9. The zero-order chi connectivity index (χ0) is 18.8. The van der Waals surface area contributed by atoms with Crippen molar-refractivity contribution in [1.29, 1.82) is 0 Å². The maximum absolute atomic E-state index is 12.4. The topological polar surface area (TPSA) is 58.1 Å². The molecular weight excluding hydrogens is 383 g/mol. The molecule has 2 aromatic carbocycles. The lowest BCUT2D eigenvalue weighted by Gasteiger charge is -2.39. The molecule has 1 N–H and O–H groups in total. The van der Waals surface area contributed by atoms with Crippen LogP contribution in [-0.4, -0.2) is 29.0 Å². The molecule has 0 radical (unpaired) electrons. The summed E-state index contributed by atoms with van der Waals surface area (Å²) in [7, 11) is 0. The second-order valence-corrected chi connectivity index (χ2v) is 7.16. The molecule has 0 unspecified atom stereocenters. The summed E-state index contributed by atoms with van der Waals surface area (Å²) in [5.74, 6) is 0.680. The molecule has 1 saturated heterocycles. The van der Waals surface area contributed by atoms with E-state index in [0.29, 0.717) is 28.8 Å². The summed E-state index contributed by atoms with van der Waals surface area (Å²) < 4.78 is 0. The van der Waals surface area contributed by atoms with Crippen molar-refractivity contribution in [2.75, 3.05) is 23.3 Å². The quantitative estimate of drug-likeness (QED) is 0.701. The number of aromatic nitrogens is 2. The van der Waals surface area contributed by atoms with Crippen molar-refractivity contribution in [2.24, 2.45) is 5.92 Å². The third-order valence-electron chi connectivity index (χ3n) is 4.49. The van der Waals surface area contributed by atoms with Crippen molar-refractivity contribution in [1.82, 2.24) is 9.97 Å². The fourth-order valence-corrected chi connectivity index (χ4v) is 3.23. The van der Waals surface area contributed by atoms with Gasteiger partial charge in [-0.2, -0.15) is 0 Å². The Morgan fingerprint density at radius 3 is 2.52 bits per heavy atom. The number of halogens is 2. The number of amides is 1. The van der Waals surface area contributed by atoms with Gasteiger partial charge in [-0.3, -0.25) is 4.79 Å². The largest absolute Gasteiger partial charge is 0.355 e. The molecule has 0 spiro atoms. The molecule has 3 aromatic rings. The predicted octanol–water partition coefficient (Wildman–Crippen LogP) is 4.53. The standard InChI is InChI=1S/C20H16Cl2N4O/c21-16-7-6-15(8-17(16)22)25-20(27)14-10-26(11-14)19-9-18(23-12-24-19)13-4-2-1-3-5-13/h1-9,12,14H,10-11H2,(H,25,27). The average Bonchev–Trinajstić information content (AvgIpc) is 2.64. The Morgan fingerprint density at radius 2 is 1.78 bits per heavy atom. The number of carbonyl (C=O) groups is 1. The highest BCUT2D eigenvalue weighted by molar-refractivity contribution is 6.42. The summed E-state index contributed by atoms with van der Waals surface area (Å²) in [6.45, 7) is 1.22. The Balaban J connectivity index is 1.39. The Morgan fingerprint density at radius 1 is 1.00 bits per heavy atom. The van der Waals surface area contributed by atoms with Crippen molar-refractivity contribution in [3.05, 3.63) is 71.0 Å². The van der Waals surface area contributed by atoms with Crippen molar-refractivity contribution in [2.45, 2.75) is 0 Å². The third kappa shape index (κ3) is 3.89. The van der Waals surface area contributed by atoms with Gasteiger partial charge in [-0.1, -0.05) is 53.5 Å². The smallest absolute Gasteiger partial charge is 0.231 e. The van der Waals surface area contributed by atoms with Gasteiger partial charge < -0.3 is 10.2 Å². The summed E-state index contributed by atoms with van der Waals surface area (Å²) >= 11 is 11.9. The lowest BCUT2D eigenvalue weighted by atomic mass is 9.99. The maximum Gasteiger partial charge on any atom is 0.231 e. The van der Waals surface area contributed by atoms with Crippen LogP contribution in [0.2, 0.25) is 10.0 Å². The Hall–Kier alpha value is -2.63. The highest BCUT2D eigenvalue weighted by Crippen LogP contribution is 2.28. The highest BCUT2D eigenvalue weighted by Gasteiger charge is 2.33. The van der Waals surface area contributed by atoms with Gasteiger partial charge in [0, 0.05) is 30.4 Å². The molecule has 0 bridgehead atoms. The van der Waals surface area contributed by atoms with Crippen LogP contribution in [0.4, 0.5) is 11.5 Å². The van der Waals surface area contributed by atoms with Gasteiger partial charge in [0.05, 0.1) is 21.7 Å². The molecule has 27 heavy (non-hydrogen) atoms. The molecule has 1 aliphatic heterocycles. The van der Waals surface area contributed by atoms with E-state index in [-0.39, 0.29) is 11.8 Å². The van der Waals surface area contributed by atoms with Crippen molar-refractivity contribution in [3.8, 4) is 11.3 Å². The first-order valence-electron chi connectivity index (χ1n) is 8.48. The molecule has 136 valence electrons. The number of rotatable bonds is 4. The second kappa shape index (κ2) is 7.55. The fourth-order valence-electron chi connectivity index (χ4n) is 2.94. The van der Waals surface area contributed by atoms with Crippen LogP contribution >= 0.6 is 23.2 Å². The van der Waals surface area contributed by atoms with E-state index in [9.17, 15) is 4.79 Å². The van der Waals surface area contributed by atoms with E-state index in [0.717, 1.165) is 17.1 Å². The number of benzene rings is 2. The third-order valence-corrected chi connectivity index (χ3v) is 5.22. The van der Waals surface area contributed by atoms with Crippen LogP contribution < -0.4 is 10.2 Å². The van der Waals surface area contributed by atoms with E-state index in [1.54, 1.807) is 24.5 Å². The van der Waals surface area contributed by atoms with Crippen LogP contribution in [0.15, 0.2) is 60.9 Å². The molecule has 0 atom stereocenters. The highest BCUT2D eigenvalue weighted by atomic mass is 35.5. The minimum Gasteiger partial charge on any atom is -0.355 e. The summed E-state index contributed by atoms with van der Waals surface area (Å²) in [6.07, 6.45) is 1.56. The number of hydrogen-bond donors (Lipinski definition) is 1. The lowest BCUT2D eigenvalue weighted by Crippen LogP contribution is -2.52. The molecule has 5 nitrogen and oxygen atoms in total. The summed E-state index contributed by atoms with van der Waals surface area (Å²) in [5, 5.41) is 3.76. The van der Waals surface area contributed by atoms with E-state index in [2.05, 4.69) is 20.2 Å². The van der Waals surface area contributed by atoms with Crippen LogP contribution in [-0.2, 0) is 4.79 Å². The minimum atomic E-state index is -0.102. The molecular formula is C20H16Cl2N4O. The van der Waals surface area contributed by atoms with Crippen LogP contribution in [0.25, 0.3) is 11.3 Å². The van der Waals surface area contributed by atoms with Crippen LogP contribution in [0.3, 0.4) is 0 Å². The first-order chi connectivity index (χ1) is 13.1. The first kappa shape index (κ1) is 17.8. The van der Waals surface area contributed by atoms with Gasteiger partial charge >= 0.3 is 0 Å². The SMILES string of the molecule is O=C(Nc1ccc(Cl)c(Cl)c1)C1CN(c2cc(-c3ccccc3)ncn2)C1. The van der Waals surface area contributed by atoms with Crippen molar-refractivity contribution < 1.29 is 4.79 Å². The zero-order valence-electron chi connectivity index (χ0n) is 14.3. The van der Waals surface area contributed by atoms with Crippen molar-refractivity contribution in [3.63, 3.8) is 0 Å². The van der Waals surface area contributed by atoms with Crippen molar-refractivity contribution >= 4 is 40.6 Å². The lowest BCUT2D eigenvalue weighted by molar-refractivity contribution is -0.120. The maximum atomic E-state index is 12.4. The van der Waals surface area contributed by atoms with Gasteiger partial charge in [0.25, 0.3) is 0 Å². The average molecular weight is 399 g/mol. The summed E-state index contributed by atoms with van der Waals surface area (Å²) in [4.78, 5) is 23.1. The van der Waals surface area contributed by atoms with E-state index >= 15 is 0 Å². The monoisotopic (exact) mass is 398 g/mol. The Kier molecular flexibility index (Phi) is 4.97. The van der Waals surface area contributed by atoms with E-state index in [1.807, 2.05) is 36.4 Å². The van der Waals surface area contributed by atoms with Gasteiger partial charge in [-0.15, -0.1) is 0 Å². The van der Waals surface area contributed by atoms with E-state index < -0.39 is 0 Å². The van der Waals surface area contributed by atoms with E-state index in [4.69, 9.17) is 23.2 Å². The molecule has 7 heteroatoms. The number of nitrogens with zero attached hydrogens (tertiary/aromatic N) is 3. The molecule has 1 fully saturated rings. The summed E-state index contributed by atoms with van der Waals surface area (Å²) in [5.41, 5.74) is 2.54. The van der Waals surface area contributed by atoms with Crippen LogP contribution in [0.5, 0.6) is 0 Å². The van der Waals surface area contributed by atoms with Gasteiger partial charge in [0.15, 0.2) is 0 Å². The number of carbonyl (C=O) groups excluding carboxylic acids is 1. The number of hydrogen-bond acceptors (Lipinski definition) is 4. The Bertz CT molecular complexity index is 975. The van der Waals surface area contributed by atoms with Gasteiger partial charge in [-0.05, 0) is 18.2 Å². The molecule has 1 aromatic heterocycles. The minimum absolute atomic E-state index is 0.0398. The van der Waals surface area contributed by atoms with Crippen LogP contribution in [0, 0.1) is 5.92 Å². The predicted molar refractivity (Wildman–Crippen MR) is 108 cm³/mol. The van der Waals surface area contributed by atoms with Gasteiger partial charge in [0.2, 0.25) is 5.91 Å². The molecule has 0 saturated carbocycles. The molecule has 4 rings (SSSR count). The van der Waals surface area contributed by atoms with Gasteiger partial charge in [0.1, 0.15) is 12.1 Å². The molecule has 2 heterocycles. The molecule has 1 aliphatic rings. The second-order valence-electron chi connectivity index (χ2n) is 6.35. The number of nitrogens with one attached hydrogen (secondary N) is 1. The fraction of sp³-hybridized carbons (Fsp3) is 0.150. The molecule has 0 aliphatic carbocycles. The first-order valence-corrected chi connectivity index (χ1v) is 9.24. The summed E-state index contributed by atoms with van der Waals surface area (Å²) in [6, 6.07) is 16.9. The van der Waals surface area contributed by atoms with Crippen LogP contribution in [0.1, 0.15) is 0 Å². The molecule has 1 amide bonds. The zero-order valence-corrected chi connectivity index (χ0v) is 15.8.